The van der Waals surface area contributed by atoms with Gasteiger partial charge in [-0.2, -0.15) is 0 Å². The summed E-state index contributed by atoms with van der Waals surface area (Å²) in [5.41, 5.74) is 0. The Hall–Kier alpha value is -0.790. The lowest BCUT2D eigenvalue weighted by Crippen LogP contribution is -2.05. The van der Waals surface area contributed by atoms with E-state index in [1.165, 1.54) is 205 Å². The van der Waals surface area contributed by atoms with Gasteiger partial charge in [-0.05, 0) is 38.5 Å². The molecule has 0 fully saturated rings. The third-order valence-electron chi connectivity index (χ3n) is 9.40. The molecule has 0 aromatic rings. The molecule has 0 atom stereocenters. The molecule has 0 aliphatic heterocycles. The number of allylic oxidation sites excluding steroid dienone is 2. The summed E-state index contributed by atoms with van der Waals surface area (Å²) in [5, 5.41) is 0. The molecule has 0 saturated heterocycles. The summed E-state index contributed by atoms with van der Waals surface area (Å²) in [6.07, 6.45) is 53.1. The van der Waals surface area contributed by atoms with Crippen LogP contribution < -0.4 is 0 Å². The predicted molar refractivity (Wildman–Crippen MR) is 198 cm³/mol. The normalized spacial score (nSPS) is 11.6. The van der Waals surface area contributed by atoms with Gasteiger partial charge in [0.25, 0.3) is 0 Å². The molecule has 0 bridgehead atoms. The van der Waals surface area contributed by atoms with Gasteiger partial charge < -0.3 is 4.74 Å². The zero-order chi connectivity index (χ0) is 31.9. The van der Waals surface area contributed by atoms with Gasteiger partial charge in [-0.3, -0.25) is 4.79 Å². The minimum absolute atomic E-state index is 0.0186. The van der Waals surface area contributed by atoms with E-state index < -0.39 is 0 Å². The van der Waals surface area contributed by atoms with Crippen molar-refractivity contribution >= 4 is 5.97 Å². The first-order valence-electron chi connectivity index (χ1n) is 20.6. The summed E-state index contributed by atoms with van der Waals surface area (Å²) in [6, 6.07) is 0. The Labute approximate surface area is 278 Å². The van der Waals surface area contributed by atoms with E-state index >= 15 is 0 Å². The molecule has 0 aromatic heterocycles. The van der Waals surface area contributed by atoms with Crippen LogP contribution in [0.25, 0.3) is 0 Å². The van der Waals surface area contributed by atoms with Crippen LogP contribution in [0.2, 0.25) is 0 Å². The van der Waals surface area contributed by atoms with Crippen LogP contribution in [0.4, 0.5) is 0 Å². The van der Waals surface area contributed by atoms with E-state index in [0.29, 0.717) is 13.0 Å². The quantitative estimate of drug-likeness (QED) is 0.0391. The Morgan fingerprint density at radius 1 is 0.364 bits per heavy atom. The Morgan fingerprint density at radius 3 is 1.00 bits per heavy atom. The number of esters is 1. The van der Waals surface area contributed by atoms with Gasteiger partial charge >= 0.3 is 5.97 Å². The predicted octanol–water partition coefficient (Wildman–Crippen LogP) is 15.2. The molecular weight excluding hydrogens is 536 g/mol. The molecule has 0 saturated carbocycles. The van der Waals surface area contributed by atoms with E-state index in [1.807, 2.05) is 0 Å². The Bertz CT molecular complexity index is 554. The summed E-state index contributed by atoms with van der Waals surface area (Å²) < 4.78 is 5.45. The van der Waals surface area contributed by atoms with Crippen molar-refractivity contribution in [3.63, 3.8) is 0 Å². The van der Waals surface area contributed by atoms with Crippen LogP contribution in [0.3, 0.4) is 0 Å². The lowest BCUT2D eigenvalue weighted by atomic mass is 10.0. The number of carbonyl (C=O) groups excluding carboxylic acids is 1. The summed E-state index contributed by atoms with van der Waals surface area (Å²) in [6.45, 7) is 5.20. The molecule has 2 nitrogen and oxygen atoms in total. The van der Waals surface area contributed by atoms with Gasteiger partial charge in [-0.1, -0.05) is 212 Å². The van der Waals surface area contributed by atoms with Crippen molar-refractivity contribution in [2.24, 2.45) is 0 Å². The number of hydrogen-bond donors (Lipinski definition) is 0. The van der Waals surface area contributed by atoms with Gasteiger partial charge in [0.1, 0.15) is 0 Å². The number of hydrogen-bond acceptors (Lipinski definition) is 2. The molecule has 0 rings (SSSR count). The van der Waals surface area contributed by atoms with Gasteiger partial charge in [0.2, 0.25) is 0 Å². The molecule has 0 aromatic carbocycles. The molecule has 0 N–H and O–H groups in total. The van der Waals surface area contributed by atoms with Crippen molar-refractivity contribution in [3.05, 3.63) is 12.2 Å². The molecule has 0 aliphatic rings. The maximum atomic E-state index is 11.9. The van der Waals surface area contributed by atoms with E-state index in [-0.39, 0.29) is 5.97 Å². The maximum Gasteiger partial charge on any atom is 0.305 e. The van der Waals surface area contributed by atoms with Gasteiger partial charge in [-0.25, -0.2) is 0 Å². The minimum atomic E-state index is 0.0186. The first-order valence-corrected chi connectivity index (χ1v) is 20.6. The highest BCUT2D eigenvalue weighted by molar-refractivity contribution is 5.69. The number of unbranched alkanes of at least 4 members (excludes halogenated alkanes) is 32. The van der Waals surface area contributed by atoms with Crippen LogP contribution in [0, 0.1) is 0 Å². The molecule has 0 amide bonds. The fourth-order valence-electron chi connectivity index (χ4n) is 6.31. The summed E-state index contributed by atoms with van der Waals surface area (Å²) >= 11 is 0. The van der Waals surface area contributed by atoms with Gasteiger partial charge in [-0.15, -0.1) is 0 Å². The van der Waals surface area contributed by atoms with E-state index in [1.54, 1.807) is 0 Å². The fourth-order valence-corrected chi connectivity index (χ4v) is 6.31. The lowest BCUT2D eigenvalue weighted by molar-refractivity contribution is -0.143. The zero-order valence-electron chi connectivity index (χ0n) is 30.6. The monoisotopic (exact) mass is 619 g/mol. The number of carbonyl (C=O) groups is 1. The highest BCUT2D eigenvalue weighted by Crippen LogP contribution is 2.16. The van der Waals surface area contributed by atoms with E-state index in [2.05, 4.69) is 26.0 Å². The lowest BCUT2D eigenvalue weighted by Gasteiger charge is -2.06. The average Bonchev–Trinajstić information content (AvgIpc) is 3.03. The summed E-state index contributed by atoms with van der Waals surface area (Å²) in [7, 11) is 0. The average molecular weight is 619 g/mol. The van der Waals surface area contributed by atoms with Gasteiger partial charge in [0.05, 0.1) is 6.61 Å². The van der Waals surface area contributed by atoms with Gasteiger partial charge in [0.15, 0.2) is 0 Å². The molecule has 2 heteroatoms. The first kappa shape index (κ1) is 43.2. The van der Waals surface area contributed by atoms with Crippen LogP contribution in [-0.4, -0.2) is 12.6 Å². The summed E-state index contributed by atoms with van der Waals surface area (Å²) in [5.74, 6) is 0.0186. The van der Waals surface area contributed by atoms with Crippen LogP contribution in [0.5, 0.6) is 0 Å². The van der Waals surface area contributed by atoms with Crippen molar-refractivity contribution in [1.82, 2.24) is 0 Å². The second-order valence-corrected chi connectivity index (χ2v) is 14.0. The number of ether oxygens (including phenoxy) is 1. The van der Waals surface area contributed by atoms with Crippen molar-refractivity contribution in [2.45, 2.75) is 245 Å². The fraction of sp³-hybridized carbons (Fsp3) is 0.929. The minimum Gasteiger partial charge on any atom is -0.466 e. The van der Waals surface area contributed by atoms with Crippen LogP contribution >= 0.6 is 0 Å². The molecule has 262 valence electrons. The second-order valence-electron chi connectivity index (χ2n) is 14.0. The highest BCUT2D eigenvalue weighted by atomic mass is 16.5. The Morgan fingerprint density at radius 2 is 0.636 bits per heavy atom. The topological polar surface area (TPSA) is 26.3 Å². The van der Waals surface area contributed by atoms with E-state index in [4.69, 9.17) is 4.74 Å². The zero-order valence-corrected chi connectivity index (χ0v) is 30.6. The highest BCUT2D eigenvalue weighted by Gasteiger charge is 2.02. The third kappa shape index (κ3) is 39.2. The standard InChI is InChI=1S/C42H82O2/c1-3-5-7-9-11-13-15-17-18-19-20-21-22-23-24-25-26-27-29-31-33-35-37-39-41-44-42(43)40-38-36-34-32-30-28-16-14-12-10-8-6-4-2/h14,16H,3-13,15,17-41H2,1-2H3/b16-14-. The molecule has 0 radical (unpaired) electrons. The summed E-state index contributed by atoms with van der Waals surface area (Å²) in [4.78, 5) is 11.9. The van der Waals surface area contributed by atoms with Crippen LogP contribution in [0.15, 0.2) is 12.2 Å². The van der Waals surface area contributed by atoms with Crippen LogP contribution in [0.1, 0.15) is 245 Å². The van der Waals surface area contributed by atoms with Crippen molar-refractivity contribution in [3.8, 4) is 0 Å². The van der Waals surface area contributed by atoms with E-state index in [0.717, 1.165) is 19.3 Å². The smallest absolute Gasteiger partial charge is 0.305 e. The largest absolute Gasteiger partial charge is 0.466 e. The van der Waals surface area contributed by atoms with Crippen molar-refractivity contribution < 1.29 is 9.53 Å². The van der Waals surface area contributed by atoms with E-state index in [9.17, 15) is 4.79 Å². The van der Waals surface area contributed by atoms with Crippen molar-refractivity contribution in [2.75, 3.05) is 6.61 Å². The van der Waals surface area contributed by atoms with Crippen LogP contribution in [-0.2, 0) is 9.53 Å². The maximum absolute atomic E-state index is 11.9. The third-order valence-corrected chi connectivity index (χ3v) is 9.40. The molecular formula is C42H82O2. The Kier molecular flexibility index (Phi) is 39.5. The molecule has 44 heavy (non-hydrogen) atoms. The molecule has 0 unspecified atom stereocenters. The second kappa shape index (κ2) is 40.2. The molecule has 0 heterocycles. The molecule has 0 aliphatic carbocycles. The Balaban J connectivity index is 3.15. The van der Waals surface area contributed by atoms with Crippen molar-refractivity contribution in [1.29, 1.82) is 0 Å². The number of rotatable bonds is 38. The SMILES string of the molecule is CCCCCC/C=C\CCCCCCCC(=O)OCCCCCCCCCCCCCCCCCCCCCCCCCC. The van der Waals surface area contributed by atoms with Gasteiger partial charge in [0, 0.05) is 6.42 Å². The molecule has 0 spiro atoms. The first-order chi connectivity index (χ1) is 21.8.